The molecule has 1 saturated heterocycles. The van der Waals surface area contributed by atoms with E-state index < -0.39 is 0 Å². The quantitative estimate of drug-likeness (QED) is 0.377. The average Bonchev–Trinajstić information content (AvgIpc) is 2.42. The molecule has 0 bridgehead atoms. The highest BCUT2D eigenvalue weighted by molar-refractivity contribution is 14.0. The van der Waals surface area contributed by atoms with E-state index in [0.717, 1.165) is 30.8 Å². The highest BCUT2D eigenvalue weighted by Gasteiger charge is 2.19. The molecular weight excluding hydrogens is 387 g/mol. The van der Waals surface area contributed by atoms with Gasteiger partial charge in [0.15, 0.2) is 5.96 Å². The Bertz CT molecular complexity index is 321. The van der Waals surface area contributed by atoms with Gasteiger partial charge in [-0.2, -0.15) is 0 Å². The standard InChI is InChI=1S/C17H34N4.HI/c1-14(2)6-9-21-10-7-16(8-11-21)13-20-17(18)19-12-15-4-3-5-15;/h14-16H,3-13H2,1-2H3,(H3,18,19,20);1H. The normalized spacial score (nSPS) is 21.5. The van der Waals surface area contributed by atoms with Gasteiger partial charge in [-0.05, 0) is 69.5 Å². The monoisotopic (exact) mass is 422 g/mol. The number of halogens is 1. The van der Waals surface area contributed by atoms with Crippen molar-refractivity contribution in [3.05, 3.63) is 0 Å². The summed E-state index contributed by atoms with van der Waals surface area (Å²) in [4.78, 5) is 7.08. The third kappa shape index (κ3) is 7.49. The maximum absolute atomic E-state index is 5.95. The van der Waals surface area contributed by atoms with Crippen molar-refractivity contribution in [2.75, 3.05) is 32.7 Å². The summed E-state index contributed by atoms with van der Waals surface area (Å²) in [5, 5.41) is 3.33. The second kappa shape index (κ2) is 10.7. The van der Waals surface area contributed by atoms with Crippen LogP contribution < -0.4 is 11.1 Å². The molecule has 5 heteroatoms. The van der Waals surface area contributed by atoms with E-state index in [0.29, 0.717) is 5.96 Å². The number of hydrogen-bond donors (Lipinski definition) is 2. The van der Waals surface area contributed by atoms with Crippen LogP contribution in [0.3, 0.4) is 0 Å². The van der Waals surface area contributed by atoms with Crippen molar-refractivity contribution in [1.29, 1.82) is 0 Å². The van der Waals surface area contributed by atoms with Crippen molar-refractivity contribution in [2.45, 2.75) is 52.4 Å². The first-order valence-electron chi connectivity index (χ1n) is 8.89. The Morgan fingerprint density at radius 2 is 1.86 bits per heavy atom. The molecule has 0 aromatic carbocycles. The largest absolute Gasteiger partial charge is 0.370 e. The van der Waals surface area contributed by atoms with Gasteiger partial charge in [0.25, 0.3) is 0 Å². The summed E-state index contributed by atoms with van der Waals surface area (Å²) in [6.45, 7) is 10.3. The molecule has 0 radical (unpaired) electrons. The molecule has 0 amide bonds. The van der Waals surface area contributed by atoms with Crippen molar-refractivity contribution < 1.29 is 0 Å². The maximum atomic E-state index is 5.95. The second-order valence-corrected chi connectivity index (χ2v) is 7.37. The molecule has 2 aliphatic rings. The summed E-state index contributed by atoms with van der Waals surface area (Å²) in [5.41, 5.74) is 5.95. The van der Waals surface area contributed by atoms with E-state index in [4.69, 9.17) is 5.73 Å². The number of likely N-dealkylation sites (tertiary alicyclic amines) is 1. The predicted octanol–water partition coefficient (Wildman–Crippen LogP) is 3.07. The molecule has 0 unspecified atom stereocenters. The lowest BCUT2D eigenvalue weighted by molar-refractivity contribution is 0.177. The van der Waals surface area contributed by atoms with Crippen LogP contribution in [0, 0.1) is 17.8 Å². The first kappa shape index (κ1) is 20.0. The lowest BCUT2D eigenvalue weighted by Crippen LogP contribution is -2.41. The van der Waals surface area contributed by atoms with Crippen LogP contribution in [0.1, 0.15) is 52.4 Å². The molecule has 1 heterocycles. The Hall–Kier alpha value is -0.0400. The fourth-order valence-electron chi connectivity index (χ4n) is 3.06. The zero-order valence-corrected chi connectivity index (χ0v) is 16.7. The minimum atomic E-state index is 0. The Morgan fingerprint density at radius 3 is 2.41 bits per heavy atom. The van der Waals surface area contributed by atoms with E-state index in [1.165, 1.54) is 58.2 Å². The van der Waals surface area contributed by atoms with Crippen LogP contribution in [-0.2, 0) is 0 Å². The lowest BCUT2D eigenvalue weighted by atomic mass is 9.86. The highest BCUT2D eigenvalue weighted by Crippen LogP contribution is 2.26. The van der Waals surface area contributed by atoms with Gasteiger partial charge < -0.3 is 16.0 Å². The molecule has 4 nitrogen and oxygen atoms in total. The number of guanidine groups is 1. The van der Waals surface area contributed by atoms with E-state index in [1.54, 1.807) is 0 Å². The summed E-state index contributed by atoms with van der Waals surface area (Å²) in [7, 11) is 0. The fourth-order valence-corrected chi connectivity index (χ4v) is 3.06. The maximum Gasteiger partial charge on any atom is 0.188 e. The zero-order valence-electron chi connectivity index (χ0n) is 14.4. The summed E-state index contributed by atoms with van der Waals surface area (Å²) >= 11 is 0. The molecule has 1 aliphatic carbocycles. The van der Waals surface area contributed by atoms with E-state index in [9.17, 15) is 0 Å². The van der Waals surface area contributed by atoms with Crippen LogP contribution in [-0.4, -0.2) is 43.6 Å². The van der Waals surface area contributed by atoms with Gasteiger partial charge in [-0.3, -0.25) is 4.99 Å². The second-order valence-electron chi connectivity index (χ2n) is 7.37. The van der Waals surface area contributed by atoms with Crippen LogP contribution in [0.5, 0.6) is 0 Å². The van der Waals surface area contributed by atoms with E-state index in [2.05, 4.69) is 29.1 Å². The number of rotatable bonds is 7. The van der Waals surface area contributed by atoms with Crippen LogP contribution in [0.25, 0.3) is 0 Å². The molecule has 22 heavy (non-hydrogen) atoms. The third-order valence-electron chi connectivity index (χ3n) is 5.05. The van der Waals surface area contributed by atoms with Crippen molar-refractivity contribution in [1.82, 2.24) is 10.2 Å². The highest BCUT2D eigenvalue weighted by atomic mass is 127. The minimum absolute atomic E-state index is 0. The first-order valence-corrected chi connectivity index (χ1v) is 8.89. The molecule has 2 rings (SSSR count). The summed E-state index contributed by atoms with van der Waals surface area (Å²) in [5.74, 6) is 3.03. The SMILES string of the molecule is CC(C)CCN1CCC(CNC(N)=NCC2CCC2)CC1.I. The van der Waals surface area contributed by atoms with E-state index in [-0.39, 0.29) is 24.0 Å². The zero-order chi connectivity index (χ0) is 15.1. The number of nitrogens with zero attached hydrogens (tertiary/aromatic N) is 2. The van der Waals surface area contributed by atoms with Crippen LogP contribution in [0.4, 0.5) is 0 Å². The summed E-state index contributed by atoms with van der Waals surface area (Å²) < 4.78 is 0. The molecule has 0 spiro atoms. The smallest absolute Gasteiger partial charge is 0.188 e. The van der Waals surface area contributed by atoms with Gasteiger partial charge in [-0.15, -0.1) is 24.0 Å². The number of nitrogens with one attached hydrogen (secondary N) is 1. The summed E-state index contributed by atoms with van der Waals surface area (Å²) in [6, 6.07) is 0. The number of nitrogens with two attached hydrogens (primary N) is 1. The molecule has 130 valence electrons. The Morgan fingerprint density at radius 1 is 1.18 bits per heavy atom. The Labute approximate surface area is 153 Å². The van der Waals surface area contributed by atoms with Gasteiger partial charge in [0.2, 0.25) is 0 Å². The first-order chi connectivity index (χ1) is 10.1. The van der Waals surface area contributed by atoms with E-state index >= 15 is 0 Å². The topological polar surface area (TPSA) is 53.6 Å². The van der Waals surface area contributed by atoms with E-state index in [1.807, 2.05) is 0 Å². The lowest BCUT2D eigenvalue weighted by Gasteiger charge is -2.32. The van der Waals surface area contributed by atoms with Gasteiger partial charge in [-0.25, -0.2) is 0 Å². The number of hydrogen-bond acceptors (Lipinski definition) is 2. The average molecular weight is 422 g/mol. The number of piperidine rings is 1. The van der Waals surface area contributed by atoms with Gasteiger partial charge in [0, 0.05) is 13.1 Å². The fraction of sp³-hybridized carbons (Fsp3) is 0.941. The minimum Gasteiger partial charge on any atom is -0.370 e. The molecule has 1 aliphatic heterocycles. The van der Waals surface area contributed by atoms with Crippen LogP contribution in [0.2, 0.25) is 0 Å². The molecule has 2 fully saturated rings. The molecule has 1 saturated carbocycles. The third-order valence-corrected chi connectivity index (χ3v) is 5.05. The Balaban J connectivity index is 0.00000242. The number of aliphatic imine (C=N–C) groups is 1. The summed E-state index contributed by atoms with van der Waals surface area (Å²) in [6.07, 6.45) is 7.96. The Kier molecular flexibility index (Phi) is 9.71. The molecule has 0 atom stereocenters. The van der Waals surface area contributed by atoms with Crippen molar-refractivity contribution in [2.24, 2.45) is 28.5 Å². The van der Waals surface area contributed by atoms with Gasteiger partial charge in [0.1, 0.15) is 0 Å². The van der Waals surface area contributed by atoms with Gasteiger partial charge >= 0.3 is 0 Å². The van der Waals surface area contributed by atoms with Crippen molar-refractivity contribution in [3.63, 3.8) is 0 Å². The van der Waals surface area contributed by atoms with Gasteiger partial charge in [-0.1, -0.05) is 20.3 Å². The van der Waals surface area contributed by atoms with Crippen LogP contribution >= 0.6 is 24.0 Å². The van der Waals surface area contributed by atoms with Crippen molar-refractivity contribution in [3.8, 4) is 0 Å². The predicted molar refractivity (Wildman–Crippen MR) is 106 cm³/mol. The molecular formula is C17H35IN4. The van der Waals surface area contributed by atoms with Gasteiger partial charge in [0.05, 0.1) is 0 Å². The molecule has 3 N–H and O–H groups in total. The molecule has 0 aromatic rings. The van der Waals surface area contributed by atoms with Crippen LogP contribution in [0.15, 0.2) is 4.99 Å². The van der Waals surface area contributed by atoms with Crippen molar-refractivity contribution >= 4 is 29.9 Å². The molecule has 0 aromatic heterocycles.